The van der Waals surface area contributed by atoms with Crippen molar-refractivity contribution >= 4 is 17.6 Å². The van der Waals surface area contributed by atoms with E-state index in [4.69, 9.17) is 0 Å². The molecule has 0 bridgehead atoms. The number of amides is 2. The maximum absolute atomic E-state index is 12.7. The molecule has 5 nitrogen and oxygen atoms in total. The van der Waals surface area contributed by atoms with Gasteiger partial charge in [0.2, 0.25) is 11.8 Å². The van der Waals surface area contributed by atoms with Gasteiger partial charge in [-0.1, -0.05) is 6.07 Å². The fraction of sp³-hybridized carbons (Fsp3) is 0.350. The number of ketones is 1. The highest BCUT2D eigenvalue weighted by atomic mass is 16.2. The molecule has 130 valence electrons. The van der Waals surface area contributed by atoms with Crippen molar-refractivity contribution in [1.29, 1.82) is 0 Å². The molecule has 0 radical (unpaired) electrons. The number of aryl methyl sites for hydroxylation is 3. The molecule has 3 rings (SSSR count). The summed E-state index contributed by atoms with van der Waals surface area (Å²) in [6, 6.07) is 8.10. The van der Waals surface area contributed by atoms with E-state index in [-0.39, 0.29) is 37.0 Å². The maximum Gasteiger partial charge on any atom is 0.230 e. The number of aromatic nitrogens is 1. The minimum atomic E-state index is -0.263. The molecule has 0 unspecified atom stereocenters. The maximum atomic E-state index is 12.7. The van der Waals surface area contributed by atoms with E-state index in [1.807, 2.05) is 38.3 Å². The average molecular weight is 338 g/mol. The fourth-order valence-electron chi connectivity index (χ4n) is 3.55. The van der Waals surface area contributed by atoms with E-state index in [1.165, 1.54) is 0 Å². The summed E-state index contributed by atoms with van der Waals surface area (Å²) in [4.78, 5) is 37.3. The molecule has 25 heavy (non-hydrogen) atoms. The molecule has 1 aromatic heterocycles. The van der Waals surface area contributed by atoms with Crippen LogP contribution in [-0.2, 0) is 9.59 Å². The number of benzene rings is 1. The second kappa shape index (κ2) is 6.31. The number of likely N-dealkylation sites (tertiary alicyclic amines) is 1. The van der Waals surface area contributed by atoms with Crippen molar-refractivity contribution in [2.45, 2.75) is 40.5 Å². The first kappa shape index (κ1) is 17.1. The molecular formula is C20H22N2O3. The van der Waals surface area contributed by atoms with E-state index >= 15 is 0 Å². The van der Waals surface area contributed by atoms with Crippen LogP contribution < -0.4 is 0 Å². The van der Waals surface area contributed by atoms with Crippen LogP contribution in [0.4, 0.5) is 0 Å². The van der Waals surface area contributed by atoms with Crippen LogP contribution in [0.5, 0.6) is 0 Å². The minimum absolute atomic E-state index is 0.172. The van der Waals surface area contributed by atoms with Crippen LogP contribution >= 0.6 is 0 Å². The summed E-state index contributed by atoms with van der Waals surface area (Å²) in [7, 11) is 0. The van der Waals surface area contributed by atoms with E-state index in [2.05, 4.69) is 18.2 Å². The van der Waals surface area contributed by atoms with E-state index in [9.17, 15) is 14.4 Å². The summed E-state index contributed by atoms with van der Waals surface area (Å²) in [5.41, 5.74) is 5.66. The minimum Gasteiger partial charge on any atom is -0.318 e. The highest BCUT2D eigenvalue weighted by Gasteiger charge is 2.31. The van der Waals surface area contributed by atoms with Gasteiger partial charge in [-0.3, -0.25) is 19.3 Å². The molecule has 0 N–H and O–H groups in total. The molecule has 5 heteroatoms. The van der Waals surface area contributed by atoms with Crippen molar-refractivity contribution in [3.63, 3.8) is 0 Å². The van der Waals surface area contributed by atoms with Crippen molar-refractivity contribution in [1.82, 2.24) is 9.47 Å². The quantitative estimate of drug-likeness (QED) is 0.636. The molecule has 0 atom stereocenters. The smallest absolute Gasteiger partial charge is 0.230 e. The van der Waals surface area contributed by atoms with E-state index in [0.29, 0.717) is 5.56 Å². The lowest BCUT2D eigenvalue weighted by atomic mass is 10.1. The van der Waals surface area contributed by atoms with Crippen LogP contribution in [0.15, 0.2) is 24.3 Å². The zero-order valence-corrected chi connectivity index (χ0v) is 15.0. The Kier molecular flexibility index (Phi) is 4.33. The first-order valence-corrected chi connectivity index (χ1v) is 8.42. The van der Waals surface area contributed by atoms with E-state index < -0.39 is 0 Å². The van der Waals surface area contributed by atoms with Gasteiger partial charge in [0.1, 0.15) is 0 Å². The molecule has 0 saturated carbocycles. The number of hydrogen-bond donors (Lipinski definition) is 0. The zero-order chi connectivity index (χ0) is 18.3. The molecule has 2 amide bonds. The Balaban J connectivity index is 1.95. The monoisotopic (exact) mass is 338 g/mol. The van der Waals surface area contributed by atoms with Crippen LogP contribution in [0.3, 0.4) is 0 Å². The van der Waals surface area contributed by atoms with Gasteiger partial charge in [-0.05, 0) is 57.0 Å². The largest absolute Gasteiger partial charge is 0.318 e. The standard InChI is InChI=1S/C20H22N2O3/c1-12-7-13(2)9-16(8-12)22-14(3)10-17(15(22)4)18(23)11-21-19(24)5-6-20(21)25/h7-10H,5-6,11H2,1-4H3. The van der Waals surface area contributed by atoms with E-state index in [0.717, 1.165) is 33.1 Å². The van der Waals surface area contributed by atoms with Gasteiger partial charge in [0.25, 0.3) is 0 Å². The van der Waals surface area contributed by atoms with Gasteiger partial charge in [0.05, 0.1) is 6.54 Å². The molecular weight excluding hydrogens is 316 g/mol. The van der Waals surface area contributed by atoms with Gasteiger partial charge >= 0.3 is 0 Å². The Morgan fingerprint density at radius 3 is 2.04 bits per heavy atom. The van der Waals surface area contributed by atoms with Crippen LogP contribution in [0.1, 0.15) is 45.7 Å². The van der Waals surface area contributed by atoms with Crippen molar-refractivity contribution < 1.29 is 14.4 Å². The number of nitrogens with zero attached hydrogens (tertiary/aromatic N) is 2. The summed E-state index contributed by atoms with van der Waals surface area (Å²) in [5.74, 6) is -0.727. The van der Waals surface area contributed by atoms with Crippen molar-refractivity contribution in [3.8, 4) is 5.69 Å². The second-order valence-corrected chi connectivity index (χ2v) is 6.76. The number of rotatable bonds is 4. The molecule has 1 saturated heterocycles. The number of imide groups is 1. The van der Waals surface area contributed by atoms with Gasteiger partial charge in [0.15, 0.2) is 5.78 Å². The van der Waals surface area contributed by atoms with Crippen molar-refractivity contribution in [3.05, 3.63) is 52.3 Å². The van der Waals surface area contributed by atoms with Gasteiger partial charge in [-0.25, -0.2) is 0 Å². The summed E-state index contributed by atoms with van der Waals surface area (Å²) in [5, 5.41) is 0. The Morgan fingerprint density at radius 1 is 0.920 bits per heavy atom. The van der Waals surface area contributed by atoms with Crippen molar-refractivity contribution in [2.24, 2.45) is 0 Å². The summed E-state index contributed by atoms with van der Waals surface area (Å²) >= 11 is 0. The molecule has 2 heterocycles. The van der Waals surface area contributed by atoms with Gasteiger partial charge in [-0.2, -0.15) is 0 Å². The summed E-state index contributed by atoms with van der Waals surface area (Å²) in [6.07, 6.45) is 0.404. The van der Waals surface area contributed by atoms with Crippen LogP contribution in [-0.4, -0.2) is 33.6 Å². The van der Waals surface area contributed by atoms with Crippen LogP contribution in [0.2, 0.25) is 0 Å². The number of hydrogen-bond acceptors (Lipinski definition) is 3. The molecule has 1 aliphatic rings. The lowest BCUT2D eigenvalue weighted by Gasteiger charge is -2.14. The topological polar surface area (TPSA) is 59.4 Å². The Labute approximate surface area is 147 Å². The number of carbonyl (C=O) groups excluding carboxylic acids is 3. The molecule has 2 aromatic rings. The third-order valence-electron chi connectivity index (χ3n) is 4.65. The Hall–Kier alpha value is -2.69. The molecule has 0 spiro atoms. The highest BCUT2D eigenvalue weighted by molar-refractivity contribution is 6.08. The van der Waals surface area contributed by atoms with Gasteiger partial charge in [0, 0.05) is 35.5 Å². The fourth-order valence-corrected chi connectivity index (χ4v) is 3.55. The normalized spacial score (nSPS) is 14.5. The first-order valence-electron chi connectivity index (χ1n) is 8.42. The SMILES string of the molecule is Cc1cc(C)cc(-n2c(C)cc(C(=O)CN3C(=O)CCC3=O)c2C)c1. The predicted molar refractivity (Wildman–Crippen MR) is 95.0 cm³/mol. The predicted octanol–water partition coefficient (Wildman–Crippen LogP) is 3.04. The summed E-state index contributed by atoms with van der Waals surface area (Å²) in [6.45, 7) is 7.76. The van der Waals surface area contributed by atoms with Crippen LogP contribution in [0, 0.1) is 27.7 Å². The molecule has 0 aliphatic carbocycles. The van der Waals surface area contributed by atoms with Gasteiger partial charge in [-0.15, -0.1) is 0 Å². The lowest BCUT2D eigenvalue weighted by molar-refractivity contribution is -0.137. The first-order chi connectivity index (χ1) is 11.8. The third-order valence-corrected chi connectivity index (χ3v) is 4.65. The van der Waals surface area contributed by atoms with Gasteiger partial charge < -0.3 is 4.57 Å². The lowest BCUT2D eigenvalue weighted by Crippen LogP contribution is -2.34. The molecule has 1 aliphatic heterocycles. The number of carbonyl (C=O) groups is 3. The molecule has 1 fully saturated rings. The second-order valence-electron chi connectivity index (χ2n) is 6.76. The van der Waals surface area contributed by atoms with Crippen LogP contribution in [0.25, 0.3) is 5.69 Å². The Bertz CT molecular complexity index is 856. The Morgan fingerprint density at radius 2 is 1.48 bits per heavy atom. The summed E-state index contributed by atoms with van der Waals surface area (Å²) < 4.78 is 2.04. The number of Topliss-reactive ketones (excluding diaryl/α,β-unsaturated/α-hetero) is 1. The molecule has 1 aromatic carbocycles. The third kappa shape index (κ3) is 3.14. The van der Waals surface area contributed by atoms with Crippen molar-refractivity contribution in [2.75, 3.05) is 6.54 Å². The average Bonchev–Trinajstić information content (AvgIpc) is 2.99. The highest BCUT2D eigenvalue weighted by Crippen LogP contribution is 2.24. The zero-order valence-electron chi connectivity index (χ0n) is 15.0. The van der Waals surface area contributed by atoms with E-state index in [1.54, 1.807) is 0 Å².